The van der Waals surface area contributed by atoms with Gasteiger partial charge < -0.3 is 9.80 Å². The van der Waals surface area contributed by atoms with Gasteiger partial charge in [-0.3, -0.25) is 9.48 Å². The summed E-state index contributed by atoms with van der Waals surface area (Å²) in [6.45, 7) is 5.25. The first kappa shape index (κ1) is 18.3. The summed E-state index contributed by atoms with van der Waals surface area (Å²) < 4.78 is 1.89. The van der Waals surface area contributed by atoms with Gasteiger partial charge in [0.05, 0.1) is 5.69 Å². The van der Waals surface area contributed by atoms with Gasteiger partial charge in [-0.1, -0.05) is 29.8 Å². The van der Waals surface area contributed by atoms with Gasteiger partial charge in [-0.25, -0.2) is 0 Å². The number of thioether (sulfide) groups is 1. The molecule has 0 radical (unpaired) electrons. The number of aromatic nitrogens is 2. The van der Waals surface area contributed by atoms with Gasteiger partial charge in [0.1, 0.15) is 0 Å². The summed E-state index contributed by atoms with van der Waals surface area (Å²) in [6.07, 6.45) is 0. The molecule has 148 valence electrons. The zero-order chi connectivity index (χ0) is 20.0. The molecule has 1 amide bonds. The van der Waals surface area contributed by atoms with Crippen LogP contribution in [0.25, 0.3) is 11.3 Å². The predicted octanol–water partition coefficient (Wildman–Crippen LogP) is 3.96. The van der Waals surface area contributed by atoms with Crippen molar-refractivity contribution in [1.29, 1.82) is 0 Å². The van der Waals surface area contributed by atoms with Gasteiger partial charge in [-0.05, 0) is 31.2 Å². The third-order valence-electron chi connectivity index (χ3n) is 5.80. The van der Waals surface area contributed by atoms with Crippen LogP contribution in [-0.2, 0) is 12.8 Å². The molecule has 0 unspecified atom stereocenters. The number of aryl methyl sites for hydroxylation is 2. The number of hydrogen-bond donors (Lipinski definition) is 0. The van der Waals surface area contributed by atoms with Crippen LogP contribution >= 0.6 is 11.8 Å². The molecule has 3 aromatic rings. The number of anilines is 1. The zero-order valence-corrected chi connectivity index (χ0v) is 17.6. The van der Waals surface area contributed by atoms with Crippen LogP contribution in [0.2, 0.25) is 0 Å². The standard InChI is InChI=1S/C23H24N4OS/c1-16-8-9-20-18(14-16)22-19(15-29-20)21(24-25(22)2)23(28)27-12-10-26(11-13-27)17-6-4-3-5-7-17/h3-9,14H,10-13,15H2,1-2H3. The van der Waals surface area contributed by atoms with Gasteiger partial charge in [0.15, 0.2) is 5.69 Å². The summed E-state index contributed by atoms with van der Waals surface area (Å²) in [5, 5.41) is 4.67. The molecule has 5 nitrogen and oxygen atoms in total. The van der Waals surface area contributed by atoms with Crippen LogP contribution in [0.15, 0.2) is 53.4 Å². The highest BCUT2D eigenvalue weighted by atomic mass is 32.2. The van der Waals surface area contributed by atoms with Gasteiger partial charge in [-0.2, -0.15) is 5.10 Å². The Morgan fingerprint density at radius 3 is 2.55 bits per heavy atom. The minimum Gasteiger partial charge on any atom is -0.368 e. The summed E-state index contributed by atoms with van der Waals surface area (Å²) >= 11 is 1.80. The van der Waals surface area contributed by atoms with Crippen LogP contribution in [-0.4, -0.2) is 46.8 Å². The van der Waals surface area contributed by atoms with E-state index in [2.05, 4.69) is 59.4 Å². The SMILES string of the molecule is Cc1ccc2c(c1)-c1c(c(C(=O)N3CCN(c4ccccc4)CC3)nn1C)CS2. The molecule has 3 heterocycles. The molecule has 29 heavy (non-hydrogen) atoms. The van der Waals surface area contributed by atoms with E-state index in [-0.39, 0.29) is 5.91 Å². The molecule has 1 aromatic heterocycles. The topological polar surface area (TPSA) is 41.4 Å². The Bertz CT molecular complexity index is 1070. The second-order valence-electron chi connectivity index (χ2n) is 7.70. The highest BCUT2D eigenvalue weighted by Crippen LogP contribution is 2.43. The molecule has 0 saturated carbocycles. The first-order valence-electron chi connectivity index (χ1n) is 10.0. The van der Waals surface area contributed by atoms with Gasteiger partial charge in [0.25, 0.3) is 5.91 Å². The number of nitrogens with zero attached hydrogens (tertiary/aromatic N) is 4. The van der Waals surface area contributed by atoms with E-state index in [0.717, 1.165) is 43.2 Å². The number of carbonyl (C=O) groups excluding carboxylic acids is 1. The first-order chi connectivity index (χ1) is 14.1. The van der Waals surface area contributed by atoms with Crippen LogP contribution in [0.4, 0.5) is 5.69 Å². The van der Waals surface area contributed by atoms with Gasteiger partial charge >= 0.3 is 0 Å². The van der Waals surface area contributed by atoms with E-state index in [1.54, 1.807) is 11.8 Å². The summed E-state index contributed by atoms with van der Waals surface area (Å²) in [4.78, 5) is 18.9. The maximum absolute atomic E-state index is 13.3. The number of carbonyl (C=O) groups is 1. The van der Waals surface area contributed by atoms with Crippen LogP contribution in [0, 0.1) is 6.92 Å². The van der Waals surface area contributed by atoms with E-state index in [4.69, 9.17) is 0 Å². The normalized spacial score (nSPS) is 15.8. The Kier molecular flexibility index (Phi) is 4.59. The molecule has 0 spiro atoms. The lowest BCUT2D eigenvalue weighted by Gasteiger charge is -2.36. The Labute approximate surface area is 175 Å². The van der Waals surface area contributed by atoms with Gasteiger partial charge in [0.2, 0.25) is 0 Å². The quantitative estimate of drug-likeness (QED) is 0.648. The van der Waals surface area contributed by atoms with E-state index in [1.165, 1.54) is 21.7 Å². The predicted molar refractivity (Wildman–Crippen MR) is 118 cm³/mol. The minimum absolute atomic E-state index is 0.0614. The molecular formula is C23H24N4OS. The molecular weight excluding hydrogens is 380 g/mol. The largest absolute Gasteiger partial charge is 0.368 e. The van der Waals surface area contributed by atoms with Crippen LogP contribution in [0.1, 0.15) is 21.6 Å². The molecule has 1 saturated heterocycles. The summed E-state index contributed by atoms with van der Waals surface area (Å²) in [5.74, 6) is 0.857. The summed E-state index contributed by atoms with van der Waals surface area (Å²) in [6, 6.07) is 16.9. The Hall–Kier alpha value is -2.73. The number of rotatable bonds is 2. The molecule has 0 atom stereocenters. The lowest BCUT2D eigenvalue weighted by molar-refractivity contribution is 0.0739. The molecule has 0 bridgehead atoms. The molecule has 0 N–H and O–H groups in total. The third-order valence-corrected chi connectivity index (χ3v) is 6.90. The molecule has 2 aliphatic rings. The second kappa shape index (κ2) is 7.26. The molecule has 6 heteroatoms. The monoisotopic (exact) mass is 404 g/mol. The smallest absolute Gasteiger partial charge is 0.274 e. The Morgan fingerprint density at radius 1 is 1.03 bits per heavy atom. The van der Waals surface area contributed by atoms with Crippen molar-refractivity contribution in [2.24, 2.45) is 7.05 Å². The first-order valence-corrected chi connectivity index (χ1v) is 11.0. The minimum atomic E-state index is 0.0614. The fourth-order valence-electron chi connectivity index (χ4n) is 4.27. The van der Waals surface area contributed by atoms with Crippen molar-refractivity contribution in [2.75, 3.05) is 31.1 Å². The fraction of sp³-hybridized carbons (Fsp3) is 0.304. The lowest BCUT2D eigenvalue weighted by atomic mass is 10.0. The third kappa shape index (κ3) is 3.21. The van der Waals surface area contributed by atoms with E-state index < -0.39 is 0 Å². The maximum Gasteiger partial charge on any atom is 0.274 e. The van der Waals surface area contributed by atoms with Crippen molar-refractivity contribution in [2.45, 2.75) is 17.6 Å². The number of fused-ring (bicyclic) bond motifs is 3. The van der Waals surface area contributed by atoms with Gasteiger partial charge in [0, 0.05) is 60.7 Å². The van der Waals surface area contributed by atoms with Gasteiger partial charge in [-0.15, -0.1) is 11.8 Å². The van der Waals surface area contributed by atoms with Crippen LogP contribution in [0.3, 0.4) is 0 Å². The summed E-state index contributed by atoms with van der Waals surface area (Å²) in [5.41, 5.74) is 6.43. The van der Waals surface area contributed by atoms with E-state index in [9.17, 15) is 4.79 Å². The molecule has 2 aromatic carbocycles. The van der Waals surface area contributed by atoms with E-state index >= 15 is 0 Å². The number of para-hydroxylation sites is 1. The number of piperazine rings is 1. The average Bonchev–Trinajstić information content (AvgIpc) is 3.11. The van der Waals surface area contributed by atoms with E-state index in [0.29, 0.717) is 5.69 Å². The maximum atomic E-state index is 13.3. The van der Waals surface area contributed by atoms with Crippen LogP contribution < -0.4 is 4.90 Å². The molecule has 0 aliphatic carbocycles. The van der Waals surface area contributed by atoms with Crippen molar-refractivity contribution in [3.05, 3.63) is 65.4 Å². The molecule has 5 rings (SSSR count). The number of benzene rings is 2. The average molecular weight is 405 g/mol. The molecule has 2 aliphatic heterocycles. The van der Waals surface area contributed by atoms with Crippen molar-refractivity contribution >= 4 is 23.4 Å². The molecule has 1 fully saturated rings. The zero-order valence-electron chi connectivity index (χ0n) is 16.8. The highest BCUT2D eigenvalue weighted by Gasteiger charge is 2.31. The lowest BCUT2D eigenvalue weighted by Crippen LogP contribution is -2.49. The number of hydrogen-bond acceptors (Lipinski definition) is 4. The van der Waals surface area contributed by atoms with Crippen molar-refractivity contribution in [1.82, 2.24) is 14.7 Å². The van der Waals surface area contributed by atoms with Crippen molar-refractivity contribution in [3.63, 3.8) is 0 Å². The van der Waals surface area contributed by atoms with Crippen molar-refractivity contribution < 1.29 is 4.79 Å². The Balaban J connectivity index is 1.39. The van der Waals surface area contributed by atoms with Crippen molar-refractivity contribution in [3.8, 4) is 11.3 Å². The highest BCUT2D eigenvalue weighted by molar-refractivity contribution is 7.98. The fourth-order valence-corrected chi connectivity index (χ4v) is 5.32. The Morgan fingerprint density at radius 2 is 1.79 bits per heavy atom. The number of amides is 1. The summed E-state index contributed by atoms with van der Waals surface area (Å²) in [7, 11) is 1.95. The van der Waals surface area contributed by atoms with E-state index in [1.807, 2.05) is 22.7 Å². The second-order valence-corrected chi connectivity index (χ2v) is 8.72. The van der Waals surface area contributed by atoms with Crippen LogP contribution in [0.5, 0.6) is 0 Å².